The number of hydrogen-bond donors (Lipinski definition) is 0. The van der Waals surface area contributed by atoms with Crippen molar-refractivity contribution in [1.82, 2.24) is 0 Å². The average Bonchev–Trinajstić information content (AvgIpc) is 3.17. The molecule has 0 amide bonds. The molecule has 2 aromatic rings. The molecule has 0 N–H and O–H groups in total. The number of benzene rings is 1. The van der Waals surface area contributed by atoms with Gasteiger partial charge in [0, 0.05) is 23.8 Å². The highest BCUT2D eigenvalue weighted by Gasteiger charge is 2.37. The van der Waals surface area contributed by atoms with E-state index in [1.165, 1.54) is 11.8 Å². The lowest BCUT2D eigenvalue weighted by Crippen LogP contribution is -2.22. The van der Waals surface area contributed by atoms with Gasteiger partial charge < -0.3 is 9.32 Å². The zero-order valence-electron chi connectivity index (χ0n) is 13.9. The van der Waals surface area contributed by atoms with E-state index >= 15 is 0 Å². The summed E-state index contributed by atoms with van der Waals surface area (Å²) < 4.78 is 5.09. The van der Waals surface area contributed by atoms with Crippen LogP contribution in [-0.2, 0) is 5.41 Å². The second-order valence-electron chi connectivity index (χ2n) is 6.25. The minimum Gasteiger partial charge on any atom is -0.461 e. The summed E-state index contributed by atoms with van der Waals surface area (Å²) in [7, 11) is 1.99. The summed E-state index contributed by atoms with van der Waals surface area (Å²) in [4.78, 5) is 14.4. The molecule has 0 fully saturated rings. The highest BCUT2D eigenvalue weighted by atomic mass is 16.3. The lowest BCUT2D eigenvalue weighted by Gasteiger charge is -2.23. The summed E-state index contributed by atoms with van der Waals surface area (Å²) in [5.74, 6) is -0.237. The van der Waals surface area contributed by atoms with Crippen LogP contribution < -0.4 is 4.90 Å². The van der Waals surface area contributed by atoms with E-state index in [9.17, 15) is 10.1 Å². The molecule has 4 heteroatoms. The Labute approximate surface area is 141 Å². The number of rotatable bonds is 3. The van der Waals surface area contributed by atoms with E-state index in [4.69, 9.17) is 4.42 Å². The van der Waals surface area contributed by atoms with Crippen molar-refractivity contribution in [2.24, 2.45) is 0 Å². The van der Waals surface area contributed by atoms with Crippen LogP contribution in [0.15, 0.2) is 70.5 Å². The second-order valence-corrected chi connectivity index (χ2v) is 6.25. The van der Waals surface area contributed by atoms with Crippen LogP contribution in [0.5, 0.6) is 0 Å². The molecule has 1 aromatic carbocycles. The van der Waals surface area contributed by atoms with E-state index in [0.29, 0.717) is 0 Å². The fourth-order valence-corrected chi connectivity index (χ4v) is 3.17. The first-order valence-electron chi connectivity index (χ1n) is 7.71. The zero-order chi connectivity index (χ0) is 17.3. The van der Waals surface area contributed by atoms with Crippen molar-refractivity contribution >= 4 is 11.5 Å². The molecular weight excluding hydrogens is 300 g/mol. The van der Waals surface area contributed by atoms with Crippen molar-refractivity contribution in [3.8, 4) is 6.07 Å². The number of likely N-dealkylation sites (N-methyl/N-ethyl adjacent to an activating group) is 1. The first kappa shape index (κ1) is 15.8. The lowest BCUT2D eigenvalue weighted by atomic mass is 9.83. The number of anilines is 1. The third-order valence-corrected chi connectivity index (χ3v) is 4.46. The molecule has 0 saturated carbocycles. The Hall–Kier alpha value is -3.06. The highest BCUT2D eigenvalue weighted by Crippen LogP contribution is 2.46. The molecule has 0 radical (unpaired) electrons. The van der Waals surface area contributed by atoms with Gasteiger partial charge in [-0.15, -0.1) is 0 Å². The maximum Gasteiger partial charge on any atom is 0.238 e. The molecule has 24 heavy (non-hydrogen) atoms. The van der Waals surface area contributed by atoms with Gasteiger partial charge >= 0.3 is 0 Å². The van der Waals surface area contributed by atoms with Gasteiger partial charge in [-0.25, -0.2) is 0 Å². The highest BCUT2D eigenvalue weighted by molar-refractivity contribution is 6.09. The Morgan fingerprint density at radius 3 is 2.62 bits per heavy atom. The minimum absolute atomic E-state index is 0.0533. The fraction of sp³-hybridized carbons (Fsp3) is 0.200. The summed E-state index contributed by atoms with van der Waals surface area (Å²) in [5.41, 5.74) is 3.25. The molecule has 0 bridgehead atoms. The molecule has 4 nitrogen and oxygen atoms in total. The van der Waals surface area contributed by atoms with Gasteiger partial charge in [-0.1, -0.05) is 32.0 Å². The predicted molar refractivity (Wildman–Crippen MR) is 92.7 cm³/mol. The van der Waals surface area contributed by atoms with Crippen molar-refractivity contribution in [3.05, 3.63) is 77.4 Å². The molecule has 2 heterocycles. The molecule has 0 saturated heterocycles. The van der Waals surface area contributed by atoms with Crippen molar-refractivity contribution < 1.29 is 9.21 Å². The van der Waals surface area contributed by atoms with Crippen LogP contribution in [0.4, 0.5) is 5.69 Å². The van der Waals surface area contributed by atoms with E-state index in [1.54, 1.807) is 18.2 Å². The van der Waals surface area contributed by atoms with Crippen LogP contribution in [0.2, 0.25) is 0 Å². The summed E-state index contributed by atoms with van der Waals surface area (Å²) in [6, 6.07) is 13.4. The largest absolute Gasteiger partial charge is 0.461 e. The van der Waals surface area contributed by atoms with Crippen LogP contribution in [-0.4, -0.2) is 12.8 Å². The second kappa shape index (κ2) is 5.86. The normalized spacial score (nSPS) is 17.7. The van der Waals surface area contributed by atoms with E-state index in [2.05, 4.69) is 30.9 Å². The summed E-state index contributed by atoms with van der Waals surface area (Å²) >= 11 is 0. The Morgan fingerprint density at radius 2 is 2.00 bits per heavy atom. The van der Waals surface area contributed by atoms with Crippen molar-refractivity contribution in [2.45, 2.75) is 19.3 Å². The van der Waals surface area contributed by atoms with E-state index in [0.717, 1.165) is 11.4 Å². The Kier molecular flexibility index (Phi) is 3.86. The molecule has 1 aromatic heterocycles. The maximum absolute atomic E-state index is 12.3. The molecule has 3 rings (SSSR count). The standard InChI is InChI=1S/C20H18N2O2/c1-20(2)15-7-4-5-8-16(15)22(3)18(20)11-10-14(13-21)19(23)17-9-6-12-24-17/h4-12H,1-3H3/b14-10+,18-11-. The minimum atomic E-state index is -0.407. The van der Waals surface area contributed by atoms with Crippen LogP contribution in [0, 0.1) is 11.3 Å². The first-order chi connectivity index (χ1) is 11.5. The number of allylic oxidation sites excluding steroid dienone is 4. The van der Waals surface area contributed by atoms with Crippen molar-refractivity contribution in [2.75, 3.05) is 11.9 Å². The van der Waals surface area contributed by atoms with Gasteiger partial charge in [-0.3, -0.25) is 4.79 Å². The number of carbonyl (C=O) groups excluding carboxylic acids is 1. The number of ketones is 1. The molecule has 0 aliphatic carbocycles. The topological polar surface area (TPSA) is 57.2 Å². The lowest BCUT2D eigenvalue weighted by molar-refractivity contribution is 0.101. The molecular formula is C20H18N2O2. The van der Waals surface area contributed by atoms with Crippen LogP contribution in [0.25, 0.3) is 0 Å². The Morgan fingerprint density at radius 1 is 1.25 bits per heavy atom. The van der Waals surface area contributed by atoms with E-state index in [1.807, 2.05) is 31.3 Å². The van der Waals surface area contributed by atoms with E-state index < -0.39 is 5.78 Å². The van der Waals surface area contributed by atoms with Gasteiger partial charge in [0.15, 0.2) is 5.76 Å². The number of hydrogen-bond acceptors (Lipinski definition) is 4. The zero-order valence-corrected chi connectivity index (χ0v) is 13.9. The number of carbonyl (C=O) groups is 1. The first-order valence-corrected chi connectivity index (χ1v) is 7.71. The fourth-order valence-electron chi connectivity index (χ4n) is 3.17. The number of nitriles is 1. The SMILES string of the molecule is CN1/C(=C\C=C(/C#N)C(=O)c2ccco2)C(C)(C)c2ccccc21. The molecule has 0 unspecified atom stereocenters. The average molecular weight is 318 g/mol. The quantitative estimate of drug-likeness (QED) is 0.483. The molecule has 120 valence electrons. The Balaban J connectivity index is 2.00. The van der Waals surface area contributed by atoms with Crippen molar-refractivity contribution in [1.29, 1.82) is 5.26 Å². The van der Waals surface area contributed by atoms with Crippen LogP contribution in [0.3, 0.4) is 0 Å². The van der Waals surface area contributed by atoms with Gasteiger partial charge in [-0.2, -0.15) is 5.26 Å². The number of fused-ring (bicyclic) bond motifs is 1. The number of Topliss-reactive ketones (excluding diaryl/α,β-unsaturated/α-hetero) is 1. The molecule has 0 spiro atoms. The Bertz CT molecular complexity index is 881. The third-order valence-electron chi connectivity index (χ3n) is 4.46. The number of para-hydroxylation sites is 1. The van der Waals surface area contributed by atoms with E-state index in [-0.39, 0.29) is 16.7 Å². The van der Waals surface area contributed by atoms with Gasteiger partial charge in [-0.05, 0) is 35.9 Å². The summed E-state index contributed by atoms with van der Waals surface area (Å²) in [5, 5.41) is 9.32. The predicted octanol–water partition coefficient (Wildman–Crippen LogP) is 4.22. The smallest absolute Gasteiger partial charge is 0.238 e. The number of furan rings is 1. The third kappa shape index (κ3) is 2.44. The van der Waals surface area contributed by atoms with Gasteiger partial charge in [0.2, 0.25) is 5.78 Å². The maximum atomic E-state index is 12.3. The summed E-state index contributed by atoms with van der Waals surface area (Å²) in [6.45, 7) is 4.27. The molecule has 1 aliphatic heterocycles. The molecule has 1 aliphatic rings. The molecule has 0 atom stereocenters. The van der Waals surface area contributed by atoms with Crippen LogP contribution >= 0.6 is 0 Å². The van der Waals surface area contributed by atoms with Gasteiger partial charge in [0.05, 0.1) is 6.26 Å². The van der Waals surface area contributed by atoms with Crippen molar-refractivity contribution in [3.63, 3.8) is 0 Å². The monoisotopic (exact) mass is 318 g/mol. The van der Waals surface area contributed by atoms with Crippen LogP contribution in [0.1, 0.15) is 30.0 Å². The number of nitrogens with zero attached hydrogens (tertiary/aromatic N) is 2. The van der Waals surface area contributed by atoms with Gasteiger partial charge in [0.25, 0.3) is 0 Å². The van der Waals surface area contributed by atoms with Gasteiger partial charge in [0.1, 0.15) is 11.6 Å². The summed E-state index contributed by atoms with van der Waals surface area (Å²) in [6.07, 6.45) is 4.84.